The largest absolute Gasteiger partial charge is 0.330 e. The van der Waals surface area contributed by atoms with Gasteiger partial charge in [0.1, 0.15) is 0 Å². The first-order valence-electron chi connectivity index (χ1n) is 6.25. The minimum absolute atomic E-state index is 0.239. The summed E-state index contributed by atoms with van der Waals surface area (Å²) in [6.07, 6.45) is 7.48. The van der Waals surface area contributed by atoms with Gasteiger partial charge in [-0.25, -0.2) is 4.68 Å². The van der Waals surface area contributed by atoms with E-state index in [0.717, 1.165) is 16.7 Å². The number of aromatic nitrogens is 2. The normalized spacial score (nSPS) is 17.4. The van der Waals surface area contributed by atoms with E-state index in [2.05, 4.69) is 45.3 Å². The summed E-state index contributed by atoms with van der Waals surface area (Å²) in [6, 6.07) is 8.61. The van der Waals surface area contributed by atoms with Crippen LogP contribution in [0.4, 0.5) is 0 Å². The number of rotatable bonds is 3. The average molecular weight is 306 g/mol. The molecule has 0 saturated heterocycles. The first-order chi connectivity index (χ1) is 8.73. The zero-order valence-corrected chi connectivity index (χ0v) is 11.7. The molecule has 1 aromatic heterocycles. The number of halogens is 1. The third kappa shape index (κ3) is 1.89. The summed E-state index contributed by atoms with van der Waals surface area (Å²) >= 11 is 3.41. The third-order valence-electron chi connectivity index (χ3n) is 4.00. The summed E-state index contributed by atoms with van der Waals surface area (Å²) in [6.45, 7) is 0.750. The molecule has 4 heteroatoms. The second kappa shape index (κ2) is 4.52. The van der Waals surface area contributed by atoms with Crippen LogP contribution in [-0.4, -0.2) is 16.3 Å². The maximum absolute atomic E-state index is 5.93. The van der Waals surface area contributed by atoms with E-state index in [9.17, 15) is 0 Å². The molecular formula is C14H16BrN3. The van der Waals surface area contributed by atoms with Crippen LogP contribution in [0.5, 0.6) is 0 Å². The van der Waals surface area contributed by atoms with Gasteiger partial charge in [0.05, 0.1) is 16.4 Å². The molecule has 0 atom stereocenters. The highest BCUT2D eigenvalue weighted by Gasteiger charge is 2.36. The topological polar surface area (TPSA) is 43.8 Å². The second-order valence-corrected chi connectivity index (χ2v) is 5.90. The van der Waals surface area contributed by atoms with Crippen molar-refractivity contribution in [2.24, 2.45) is 5.73 Å². The van der Waals surface area contributed by atoms with Gasteiger partial charge in [-0.2, -0.15) is 5.10 Å². The van der Waals surface area contributed by atoms with Gasteiger partial charge < -0.3 is 5.73 Å². The van der Waals surface area contributed by atoms with Crippen molar-refractivity contribution in [2.75, 3.05) is 6.54 Å². The second-order valence-electron chi connectivity index (χ2n) is 4.99. The number of hydrogen-bond acceptors (Lipinski definition) is 2. The monoisotopic (exact) mass is 305 g/mol. The zero-order valence-electron chi connectivity index (χ0n) is 10.1. The lowest BCUT2D eigenvalue weighted by molar-refractivity contribution is 0.253. The molecule has 94 valence electrons. The first-order valence-corrected chi connectivity index (χ1v) is 7.04. The Hall–Kier alpha value is -1.13. The lowest BCUT2D eigenvalue weighted by atomic mass is 9.64. The predicted molar refractivity (Wildman–Crippen MR) is 75.8 cm³/mol. The van der Waals surface area contributed by atoms with Crippen molar-refractivity contribution < 1.29 is 0 Å². The maximum atomic E-state index is 5.93. The first kappa shape index (κ1) is 11.9. The van der Waals surface area contributed by atoms with E-state index in [0.29, 0.717) is 0 Å². The van der Waals surface area contributed by atoms with Crippen LogP contribution in [0, 0.1) is 0 Å². The molecule has 1 saturated carbocycles. The van der Waals surface area contributed by atoms with Crippen molar-refractivity contribution in [1.29, 1.82) is 0 Å². The van der Waals surface area contributed by atoms with E-state index >= 15 is 0 Å². The van der Waals surface area contributed by atoms with Gasteiger partial charge in [-0.05, 0) is 46.5 Å². The molecule has 1 heterocycles. The smallest absolute Gasteiger partial charge is 0.0646 e. The summed E-state index contributed by atoms with van der Waals surface area (Å²) in [5.74, 6) is 0. The van der Waals surface area contributed by atoms with Crippen LogP contribution >= 0.6 is 15.9 Å². The molecule has 3 nitrogen and oxygen atoms in total. The van der Waals surface area contributed by atoms with E-state index in [-0.39, 0.29) is 5.41 Å². The molecular weight excluding hydrogens is 290 g/mol. The molecule has 3 rings (SSSR count). The fraction of sp³-hybridized carbons (Fsp3) is 0.357. The third-order valence-corrected chi connectivity index (χ3v) is 4.41. The van der Waals surface area contributed by atoms with E-state index in [4.69, 9.17) is 5.73 Å². The van der Waals surface area contributed by atoms with Gasteiger partial charge in [0.2, 0.25) is 0 Å². The molecule has 1 aromatic carbocycles. The van der Waals surface area contributed by atoms with E-state index in [1.54, 1.807) is 6.20 Å². The van der Waals surface area contributed by atoms with E-state index < -0.39 is 0 Å². The molecule has 0 aliphatic heterocycles. The van der Waals surface area contributed by atoms with Crippen LogP contribution < -0.4 is 5.73 Å². The number of nitrogens with two attached hydrogens (primary N) is 1. The molecule has 1 aliphatic carbocycles. The minimum atomic E-state index is 0.239. The molecule has 0 amide bonds. The Morgan fingerprint density at radius 3 is 2.44 bits per heavy atom. The Kier molecular flexibility index (Phi) is 2.99. The van der Waals surface area contributed by atoms with Crippen molar-refractivity contribution in [3.8, 4) is 5.69 Å². The van der Waals surface area contributed by atoms with Crippen molar-refractivity contribution in [2.45, 2.75) is 24.7 Å². The van der Waals surface area contributed by atoms with Crippen molar-refractivity contribution >= 4 is 15.9 Å². The number of hydrogen-bond donors (Lipinski definition) is 1. The molecule has 0 bridgehead atoms. The Labute approximate surface area is 115 Å². The Bertz CT molecular complexity index is 535. The lowest BCUT2D eigenvalue weighted by Crippen LogP contribution is -2.41. The summed E-state index contributed by atoms with van der Waals surface area (Å²) in [5, 5.41) is 4.28. The number of benzene rings is 1. The van der Waals surface area contributed by atoms with Gasteiger partial charge in [-0.1, -0.05) is 18.6 Å². The summed E-state index contributed by atoms with van der Waals surface area (Å²) in [7, 11) is 0. The van der Waals surface area contributed by atoms with E-state index in [1.165, 1.54) is 24.8 Å². The van der Waals surface area contributed by atoms with Gasteiger partial charge in [0, 0.05) is 18.2 Å². The molecule has 2 aromatic rings. The molecule has 0 radical (unpaired) electrons. The molecule has 2 N–H and O–H groups in total. The van der Waals surface area contributed by atoms with Gasteiger partial charge in [-0.3, -0.25) is 0 Å². The standard InChI is InChI=1S/C14H16BrN3/c15-12-8-17-18(9-12)13-4-2-11(3-5-13)14(10-16)6-1-7-14/h2-5,8-9H,1,6-7,10,16H2. The fourth-order valence-electron chi connectivity index (χ4n) is 2.62. The Morgan fingerprint density at radius 2 is 2.00 bits per heavy atom. The Morgan fingerprint density at radius 1 is 1.28 bits per heavy atom. The van der Waals surface area contributed by atoms with Gasteiger partial charge in [-0.15, -0.1) is 0 Å². The molecule has 1 fully saturated rings. The number of nitrogens with zero attached hydrogens (tertiary/aromatic N) is 2. The van der Waals surface area contributed by atoms with Crippen molar-refractivity contribution in [3.63, 3.8) is 0 Å². The van der Waals surface area contributed by atoms with Crippen LogP contribution in [0.3, 0.4) is 0 Å². The van der Waals surface area contributed by atoms with E-state index in [1.807, 2.05) is 10.9 Å². The highest BCUT2D eigenvalue weighted by atomic mass is 79.9. The van der Waals surface area contributed by atoms with Crippen LogP contribution in [0.25, 0.3) is 5.69 Å². The highest BCUT2D eigenvalue weighted by molar-refractivity contribution is 9.10. The summed E-state index contributed by atoms with van der Waals surface area (Å²) < 4.78 is 2.85. The predicted octanol–water partition coefficient (Wildman–Crippen LogP) is 3.02. The Balaban J connectivity index is 1.89. The van der Waals surface area contributed by atoms with Crippen molar-refractivity contribution in [1.82, 2.24) is 9.78 Å². The zero-order chi connectivity index (χ0) is 12.6. The SMILES string of the molecule is NCC1(c2ccc(-n3cc(Br)cn3)cc2)CCC1. The lowest BCUT2D eigenvalue weighted by Gasteiger charge is -2.41. The molecule has 0 spiro atoms. The highest BCUT2D eigenvalue weighted by Crippen LogP contribution is 2.42. The minimum Gasteiger partial charge on any atom is -0.330 e. The van der Waals surface area contributed by atoms with Crippen LogP contribution in [-0.2, 0) is 5.41 Å². The molecule has 18 heavy (non-hydrogen) atoms. The van der Waals surface area contributed by atoms with Crippen LogP contribution in [0.2, 0.25) is 0 Å². The summed E-state index contributed by atoms with van der Waals surface area (Å²) in [4.78, 5) is 0. The quantitative estimate of drug-likeness (QED) is 0.947. The van der Waals surface area contributed by atoms with Crippen LogP contribution in [0.1, 0.15) is 24.8 Å². The van der Waals surface area contributed by atoms with Gasteiger partial charge in [0.15, 0.2) is 0 Å². The molecule has 1 aliphatic rings. The van der Waals surface area contributed by atoms with Crippen LogP contribution in [0.15, 0.2) is 41.1 Å². The molecule has 0 unspecified atom stereocenters. The van der Waals surface area contributed by atoms with Gasteiger partial charge in [0.25, 0.3) is 0 Å². The average Bonchev–Trinajstić information content (AvgIpc) is 2.76. The van der Waals surface area contributed by atoms with Crippen molar-refractivity contribution in [3.05, 3.63) is 46.7 Å². The summed E-state index contributed by atoms with van der Waals surface area (Å²) in [5.41, 5.74) is 8.62. The van der Waals surface area contributed by atoms with Gasteiger partial charge >= 0.3 is 0 Å². The fourth-order valence-corrected chi connectivity index (χ4v) is 2.91. The maximum Gasteiger partial charge on any atom is 0.0646 e.